The molecule has 0 fully saturated rings. The molecule has 0 spiro atoms. The van der Waals surface area contributed by atoms with Crippen molar-refractivity contribution in [2.45, 2.75) is 11.6 Å². The first-order valence-electron chi connectivity index (χ1n) is 5.20. The second-order valence-electron chi connectivity index (χ2n) is 3.23. The van der Waals surface area contributed by atoms with E-state index in [1.165, 1.54) is 4.88 Å². The van der Waals surface area contributed by atoms with E-state index in [1.807, 2.05) is 11.3 Å². The maximum Gasteiger partial charge on any atom is 0.255 e. The van der Waals surface area contributed by atoms with Crippen molar-refractivity contribution >= 4 is 23.1 Å². The van der Waals surface area contributed by atoms with E-state index in [1.54, 1.807) is 24.2 Å². The van der Waals surface area contributed by atoms with Crippen LogP contribution in [0.5, 0.6) is 0 Å². The molecule has 1 N–H and O–H groups in total. The average Bonchev–Trinajstić information content (AvgIpc) is 2.96. The van der Waals surface area contributed by atoms with Crippen LogP contribution in [0.1, 0.15) is 4.88 Å². The topological polar surface area (TPSA) is 38.1 Å². The Balaban J connectivity index is 1.49. The van der Waals surface area contributed by atoms with Gasteiger partial charge < -0.3 is 9.73 Å². The second-order valence-corrected chi connectivity index (χ2v) is 5.30. The smallest absolute Gasteiger partial charge is 0.255 e. The van der Waals surface area contributed by atoms with Gasteiger partial charge in [0.25, 0.3) is 5.22 Å². The standard InChI is InChI=1S/C11H14N2OS2/c1-2-10(15-8-1)3-4-12-6-9-16-11-13-5-7-14-11/h1-2,5,7-8,12H,3-4,6,9H2. The van der Waals surface area contributed by atoms with Crippen molar-refractivity contribution in [1.82, 2.24) is 10.3 Å². The van der Waals surface area contributed by atoms with Crippen LogP contribution in [0.25, 0.3) is 0 Å². The average molecular weight is 254 g/mol. The van der Waals surface area contributed by atoms with Gasteiger partial charge in [-0.1, -0.05) is 17.8 Å². The van der Waals surface area contributed by atoms with Crippen LogP contribution in [-0.4, -0.2) is 23.8 Å². The quantitative estimate of drug-likeness (QED) is 0.609. The molecule has 0 radical (unpaired) electrons. The minimum Gasteiger partial charge on any atom is -0.440 e. The van der Waals surface area contributed by atoms with E-state index in [4.69, 9.17) is 4.42 Å². The molecule has 0 bridgehead atoms. The first-order valence-corrected chi connectivity index (χ1v) is 7.07. The summed E-state index contributed by atoms with van der Waals surface area (Å²) in [4.78, 5) is 5.48. The van der Waals surface area contributed by atoms with E-state index in [2.05, 4.69) is 27.8 Å². The van der Waals surface area contributed by atoms with E-state index in [0.717, 1.165) is 30.5 Å². The Bertz CT molecular complexity index is 334. The molecule has 0 saturated heterocycles. The zero-order valence-corrected chi connectivity index (χ0v) is 10.5. The highest BCUT2D eigenvalue weighted by atomic mass is 32.2. The molecule has 2 rings (SSSR count). The summed E-state index contributed by atoms with van der Waals surface area (Å²) in [5.41, 5.74) is 0. The van der Waals surface area contributed by atoms with Gasteiger partial charge in [-0.05, 0) is 24.4 Å². The van der Waals surface area contributed by atoms with Gasteiger partial charge in [-0.25, -0.2) is 4.98 Å². The van der Waals surface area contributed by atoms with Crippen molar-refractivity contribution in [2.24, 2.45) is 0 Å². The molecule has 0 aliphatic carbocycles. The highest BCUT2D eigenvalue weighted by Crippen LogP contribution is 2.13. The van der Waals surface area contributed by atoms with Gasteiger partial charge in [0.05, 0.1) is 6.20 Å². The summed E-state index contributed by atoms with van der Waals surface area (Å²) in [6.07, 6.45) is 4.39. The summed E-state index contributed by atoms with van der Waals surface area (Å²) in [5.74, 6) is 0.991. The largest absolute Gasteiger partial charge is 0.440 e. The van der Waals surface area contributed by atoms with Gasteiger partial charge >= 0.3 is 0 Å². The minimum atomic E-state index is 0.750. The molecule has 0 atom stereocenters. The van der Waals surface area contributed by atoms with E-state index < -0.39 is 0 Å². The molecular weight excluding hydrogens is 240 g/mol. The Hall–Kier alpha value is -0.780. The number of thioether (sulfide) groups is 1. The van der Waals surface area contributed by atoms with Gasteiger partial charge in [0.15, 0.2) is 0 Å². The van der Waals surface area contributed by atoms with Crippen LogP contribution < -0.4 is 5.32 Å². The molecular formula is C11H14N2OS2. The van der Waals surface area contributed by atoms with Crippen LogP contribution in [0, 0.1) is 0 Å². The van der Waals surface area contributed by atoms with Gasteiger partial charge in [-0.15, -0.1) is 11.3 Å². The lowest BCUT2D eigenvalue weighted by molar-refractivity contribution is 0.454. The summed E-state index contributed by atoms with van der Waals surface area (Å²) in [6.45, 7) is 2.02. The Morgan fingerprint density at radius 2 is 2.44 bits per heavy atom. The number of aromatic nitrogens is 1. The molecule has 0 aliphatic rings. The minimum absolute atomic E-state index is 0.750. The molecule has 0 unspecified atom stereocenters. The molecule has 16 heavy (non-hydrogen) atoms. The van der Waals surface area contributed by atoms with Crippen molar-refractivity contribution in [3.05, 3.63) is 34.8 Å². The van der Waals surface area contributed by atoms with Gasteiger partial charge in [-0.3, -0.25) is 0 Å². The molecule has 0 aromatic carbocycles. The number of nitrogens with one attached hydrogen (secondary N) is 1. The van der Waals surface area contributed by atoms with Crippen molar-refractivity contribution < 1.29 is 4.42 Å². The number of hydrogen-bond donors (Lipinski definition) is 1. The van der Waals surface area contributed by atoms with Crippen LogP contribution in [0.2, 0.25) is 0 Å². The van der Waals surface area contributed by atoms with Crippen LogP contribution in [-0.2, 0) is 6.42 Å². The van der Waals surface area contributed by atoms with Crippen molar-refractivity contribution in [3.63, 3.8) is 0 Å². The fourth-order valence-electron chi connectivity index (χ4n) is 1.28. The van der Waals surface area contributed by atoms with Crippen molar-refractivity contribution in [1.29, 1.82) is 0 Å². The highest BCUT2D eigenvalue weighted by Gasteiger charge is 1.97. The predicted octanol–water partition coefficient (Wildman–Crippen LogP) is 2.66. The third-order valence-electron chi connectivity index (χ3n) is 2.04. The van der Waals surface area contributed by atoms with Gasteiger partial charge in [-0.2, -0.15) is 0 Å². The van der Waals surface area contributed by atoms with Crippen LogP contribution >= 0.6 is 23.1 Å². The Morgan fingerprint density at radius 3 is 3.19 bits per heavy atom. The van der Waals surface area contributed by atoms with E-state index in [-0.39, 0.29) is 0 Å². The molecule has 0 amide bonds. The summed E-state index contributed by atoms with van der Waals surface area (Å²) < 4.78 is 5.12. The Kier molecular flexibility index (Phi) is 4.92. The summed E-state index contributed by atoms with van der Waals surface area (Å²) in [6, 6.07) is 4.27. The fourth-order valence-corrected chi connectivity index (χ4v) is 2.67. The molecule has 2 heterocycles. The predicted molar refractivity (Wildman–Crippen MR) is 68.1 cm³/mol. The van der Waals surface area contributed by atoms with Gasteiger partial charge in [0, 0.05) is 17.2 Å². The molecule has 0 saturated carbocycles. The van der Waals surface area contributed by atoms with E-state index in [0.29, 0.717) is 0 Å². The van der Waals surface area contributed by atoms with Gasteiger partial charge in [0.1, 0.15) is 6.26 Å². The Morgan fingerprint density at radius 1 is 1.44 bits per heavy atom. The lowest BCUT2D eigenvalue weighted by atomic mass is 10.3. The number of rotatable bonds is 7. The van der Waals surface area contributed by atoms with Crippen molar-refractivity contribution in [3.8, 4) is 0 Å². The second kappa shape index (κ2) is 6.73. The maximum atomic E-state index is 5.12. The summed E-state index contributed by atoms with van der Waals surface area (Å²) in [7, 11) is 0. The summed E-state index contributed by atoms with van der Waals surface area (Å²) in [5, 5.41) is 6.27. The lowest BCUT2D eigenvalue weighted by Crippen LogP contribution is -2.19. The lowest BCUT2D eigenvalue weighted by Gasteiger charge is -2.01. The third kappa shape index (κ3) is 4.00. The molecule has 86 valence electrons. The summed E-state index contributed by atoms with van der Waals surface area (Å²) >= 11 is 3.45. The van der Waals surface area contributed by atoms with Crippen molar-refractivity contribution in [2.75, 3.05) is 18.8 Å². The van der Waals surface area contributed by atoms with Crippen LogP contribution in [0.3, 0.4) is 0 Å². The van der Waals surface area contributed by atoms with Gasteiger partial charge in [0.2, 0.25) is 0 Å². The van der Waals surface area contributed by atoms with Crippen LogP contribution in [0.4, 0.5) is 0 Å². The monoisotopic (exact) mass is 254 g/mol. The highest BCUT2D eigenvalue weighted by molar-refractivity contribution is 7.99. The maximum absolute atomic E-state index is 5.12. The van der Waals surface area contributed by atoms with Crippen LogP contribution in [0.15, 0.2) is 39.6 Å². The van der Waals surface area contributed by atoms with E-state index in [9.17, 15) is 0 Å². The third-order valence-corrected chi connectivity index (χ3v) is 3.84. The molecule has 2 aromatic rings. The zero-order valence-electron chi connectivity index (χ0n) is 8.89. The Labute approximate surface area is 103 Å². The fraction of sp³-hybridized carbons (Fsp3) is 0.364. The first-order chi connectivity index (χ1) is 7.95. The zero-order chi connectivity index (χ0) is 11.1. The number of hydrogen-bond acceptors (Lipinski definition) is 5. The molecule has 0 aliphatic heterocycles. The molecule has 3 nitrogen and oxygen atoms in total. The number of oxazole rings is 1. The number of nitrogens with zero attached hydrogens (tertiary/aromatic N) is 1. The first kappa shape index (κ1) is 11.7. The molecule has 5 heteroatoms. The number of thiophene rings is 1. The van der Waals surface area contributed by atoms with E-state index >= 15 is 0 Å². The normalized spacial score (nSPS) is 10.8. The molecule has 2 aromatic heterocycles. The SMILES string of the molecule is c1csc(CCNCCSc2ncco2)c1.